The Kier molecular flexibility index (Phi) is 6.63. The molecule has 0 bridgehead atoms. The smallest absolute Gasteiger partial charge is 0.0914 e. The summed E-state index contributed by atoms with van der Waals surface area (Å²) >= 11 is 0. The Morgan fingerprint density at radius 3 is 2.67 bits per heavy atom. The van der Waals surface area contributed by atoms with Crippen molar-refractivity contribution in [3.8, 4) is 0 Å². The SMILES string of the molecule is COCCOCCNCC(O)c1ccc2ccccc2c1. The van der Waals surface area contributed by atoms with E-state index >= 15 is 0 Å². The number of aliphatic hydroxyl groups is 1. The summed E-state index contributed by atoms with van der Waals surface area (Å²) in [4.78, 5) is 0. The largest absolute Gasteiger partial charge is 0.387 e. The molecular weight excluding hydrogens is 266 g/mol. The fourth-order valence-corrected chi connectivity index (χ4v) is 2.16. The van der Waals surface area contributed by atoms with Crippen LogP contribution >= 0.6 is 0 Å². The number of aliphatic hydroxyl groups excluding tert-OH is 1. The van der Waals surface area contributed by atoms with Crippen LogP contribution in [0.2, 0.25) is 0 Å². The Morgan fingerprint density at radius 2 is 1.86 bits per heavy atom. The van der Waals surface area contributed by atoms with E-state index < -0.39 is 6.10 Å². The van der Waals surface area contributed by atoms with Gasteiger partial charge < -0.3 is 19.9 Å². The summed E-state index contributed by atoms with van der Waals surface area (Å²) in [5.74, 6) is 0. The van der Waals surface area contributed by atoms with Gasteiger partial charge in [-0.05, 0) is 22.4 Å². The second kappa shape index (κ2) is 8.74. The van der Waals surface area contributed by atoms with E-state index in [0.29, 0.717) is 32.9 Å². The highest BCUT2D eigenvalue weighted by atomic mass is 16.5. The first-order valence-electron chi connectivity index (χ1n) is 7.25. The summed E-state index contributed by atoms with van der Waals surface area (Å²) < 4.78 is 10.2. The van der Waals surface area contributed by atoms with Gasteiger partial charge in [0.05, 0.1) is 25.9 Å². The summed E-state index contributed by atoms with van der Waals surface area (Å²) in [5.41, 5.74) is 0.932. The predicted molar refractivity (Wildman–Crippen MR) is 84.5 cm³/mol. The molecule has 1 atom stereocenters. The third-order valence-corrected chi connectivity index (χ3v) is 3.35. The molecule has 0 aliphatic heterocycles. The molecule has 0 fully saturated rings. The maximum absolute atomic E-state index is 10.2. The van der Waals surface area contributed by atoms with Gasteiger partial charge >= 0.3 is 0 Å². The van der Waals surface area contributed by atoms with Crippen molar-refractivity contribution >= 4 is 10.8 Å². The van der Waals surface area contributed by atoms with Gasteiger partial charge in [-0.3, -0.25) is 0 Å². The van der Waals surface area contributed by atoms with E-state index in [9.17, 15) is 5.11 Å². The fraction of sp³-hybridized carbons (Fsp3) is 0.412. The molecule has 0 amide bonds. The Bertz CT molecular complexity index is 544. The Balaban J connectivity index is 1.75. The molecule has 0 aliphatic carbocycles. The van der Waals surface area contributed by atoms with Crippen molar-refractivity contribution in [1.82, 2.24) is 5.32 Å². The van der Waals surface area contributed by atoms with Crippen LogP contribution in [-0.2, 0) is 9.47 Å². The van der Waals surface area contributed by atoms with Crippen LogP contribution in [0.3, 0.4) is 0 Å². The van der Waals surface area contributed by atoms with Crippen LogP contribution in [0.5, 0.6) is 0 Å². The molecule has 2 aromatic carbocycles. The van der Waals surface area contributed by atoms with E-state index in [4.69, 9.17) is 9.47 Å². The number of hydrogen-bond donors (Lipinski definition) is 2. The lowest BCUT2D eigenvalue weighted by molar-refractivity contribution is 0.0703. The van der Waals surface area contributed by atoms with Crippen LogP contribution in [0.4, 0.5) is 0 Å². The topological polar surface area (TPSA) is 50.7 Å². The molecule has 2 N–H and O–H groups in total. The minimum absolute atomic E-state index is 0.506. The van der Waals surface area contributed by atoms with E-state index in [1.165, 1.54) is 5.39 Å². The van der Waals surface area contributed by atoms with Gasteiger partial charge in [-0.15, -0.1) is 0 Å². The monoisotopic (exact) mass is 289 g/mol. The van der Waals surface area contributed by atoms with Crippen LogP contribution in [0.25, 0.3) is 10.8 Å². The van der Waals surface area contributed by atoms with E-state index in [0.717, 1.165) is 10.9 Å². The third kappa shape index (κ3) is 5.10. The highest BCUT2D eigenvalue weighted by molar-refractivity contribution is 5.83. The second-order valence-electron chi connectivity index (χ2n) is 4.93. The molecule has 114 valence electrons. The number of fused-ring (bicyclic) bond motifs is 1. The summed E-state index contributed by atoms with van der Waals surface area (Å²) in [6.45, 7) is 3.07. The summed E-state index contributed by atoms with van der Waals surface area (Å²) in [5, 5.41) is 15.7. The molecular formula is C17H23NO3. The van der Waals surface area contributed by atoms with E-state index in [2.05, 4.69) is 17.4 Å². The first-order valence-corrected chi connectivity index (χ1v) is 7.25. The molecule has 0 aliphatic rings. The normalized spacial score (nSPS) is 12.7. The van der Waals surface area contributed by atoms with Crippen molar-refractivity contribution in [1.29, 1.82) is 0 Å². The molecule has 0 heterocycles. The number of nitrogens with one attached hydrogen (secondary N) is 1. The number of rotatable bonds is 9. The van der Waals surface area contributed by atoms with E-state index in [1.807, 2.05) is 30.3 Å². The van der Waals surface area contributed by atoms with Gasteiger partial charge in [0, 0.05) is 20.2 Å². The van der Waals surface area contributed by atoms with Crippen LogP contribution in [-0.4, -0.2) is 45.1 Å². The average Bonchev–Trinajstić information content (AvgIpc) is 2.53. The molecule has 4 nitrogen and oxygen atoms in total. The number of hydrogen-bond acceptors (Lipinski definition) is 4. The molecule has 0 radical (unpaired) electrons. The van der Waals surface area contributed by atoms with Gasteiger partial charge in [0.15, 0.2) is 0 Å². The Morgan fingerprint density at radius 1 is 1.05 bits per heavy atom. The first kappa shape index (κ1) is 15.9. The van der Waals surface area contributed by atoms with Gasteiger partial charge in [0.1, 0.15) is 0 Å². The highest BCUT2D eigenvalue weighted by Crippen LogP contribution is 2.19. The summed E-state index contributed by atoms with van der Waals surface area (Å²) in [6, 6.07) is 14.2. The van der Waals surface area contributed by atoms with Gasteiger partial charge in [-0.25, -0.2) is 0 Å². The molecule has 0 spiro atoms. The Labute approximate surface area is 125 Å². The number of methoxy groups -OCH3 is 1. The molecule has 21 heavy (non-hydrogen) atoms. The van der Waals surface area contributed by atoms with Crippen molar-refractivity contribution in [2.45, 2.75) is 6.10 Å². The van der Waals surface area contributed by atoms with Gasteiger partial charge in [0.2, 0.25) is 0 Å². The predicted octanol–water partition coefficient (Wildman–Crippen LogP) is 2.13. The van der Waals surface area contributed by atoms with Crippen LogP contribution < -0.4 is 5.32 Å². The molecule has 0 saturated heterocycles. The molecule has 2 rings (SSSR count). The lowest BCUT2D eigenvalue weighted by Gasteiger charge is -2.13. The average molecular weight is 289 g/mol. The van der Waals surface area contributed by atoms with E-state index in [-0.39, 0.29) is 0 Å². The maximum atomic E-state index is 10.2. The summed E-state index contributed by atoms with van der Waals surface area (Å²) in [7, 11) is 1.65. The van der Waals surface area contributed by atoms with Crippen molar-refractivity contribution < 1.29 is 14.6 Å². The molecule has 4 heteroatoms. The molecule has 0 aromatic heterocycles. The van der Waals surface area contributed by atoms with Gasteiger partial charge in [-0.2, -0.15) is 0 Å². The fourth-order valence-electron chi connectivity index (χ4n) is 2.16. The Hall–Kier alpha value is -1.46. The minimum atomic E-state index is -0.506. The van der Waals surface area contributed by atoms with Crippen molar-refractivity contribution in [3.05, 3.63) is 48.0 Å². The molecule has 2 aromatic rings. The first-order chi connectivity index (χ1) is 10.3. The zero-order valence-corrected chi connectivity index (χ0v) is 12.4. The van der Waals surface area contributed by atoms with Gasteiger partial charge in [-0.1, -0.05) is 36.4 Å². The molecule has 0 saturated carbocycles. The second-order valence-corrected chi connectivity index (χ2v) is 4.93. The summed E-state index contributed by atoms with van der Waals surface area (Å²) in [6.07, 6.45) is -0.506. The minimum Gasteiger partial charge on any atom is -0.387 e. The van der Waals surface area contributed by atoms with Crippen LogP contribution in [0.1, 0.15) is 11.7 Å². The van der Waals surface area contributed by atoms with E-state index in [1.54, 1.807) is 7.11 Å². The quantitative estimate of drug-likeness (QED) is 0.694. The van der Waals surface area contributed by atoms with Crippen molar-refractivity contribution in [3.63, 3.8) is 0 Å². The number of benzene rings is 2. The zero-order chi connectivity index (χ0) is 14.9. The zero-order valence-electron chi connectivity index (χ0n) is 12.4. The number of ether oxygens (including phenoxy) is 2. The lowest BCUT2D eigenvalue weighted by atomic mass is 10.0. The van der Waals surface area contributed by atoms with Gasteiger partial charge in [0.25, 0.3) is 0 Å². The maximum Gasteiger partial charge on any atom is 0.0914 e. The van der Waals surface area contributed by atoms with Crippen molar-refractivity contribution in [2.75, 3.05) is 40.0 Å². The highest BCUT2D eigenvalue weighted by Gasteiger charge is 2.07. The van der Waals surface area contributed by atoms with Crippen LogP contribution in [0.15, 0.2) is 42.5 Å². The van der Waals surface area contributed by atoms with Crippen LogP contribution in [0, 0.1) is 0 Å². The molecule has 1 unspecified atom stereocenters. The lowest BCUT2D eigenvalue weighted by Crippen LogP contribution is -2.25. The third-order valence-electron chi connectivity index (χ3n) is 3.35. The van der Waals surface area contributed by atoms with Crippen molar-refractivity contribution in [2.24, 2.45) is 0 Å². The standard InChI is InChI=1S/C17H23NO3/c1-20-10-11-21-9-8-18-13-17(19)16-7-6-14-4-2-3-5-15(14)12-16/h2-7,12,17-19H,8-11,13H2,1H3.